The molecule has 1 atom stereocenters. The first kappa shape index (κ1) is 14.1. The number of hydrogen-bond acceptors (Lipinski definition) is 6. The van der Waals surface area contributed by atoms with Gasteiger partial charge in [-0.2, -0.15) is 0 Å². The van der Waals surface area contributed by atoms with Gasteiger partial charge in [0, 0.05) is 29.9 Å². The topological polar surface area (TPSA) is 66.9 Å². The van der Waals surface area contributed by atoms with Crippen molar-refractivity contribution >= 4 is 33.7 Å². The van der Waals surface area contributed by atoms with E-state index in [1.165, 1.54) is 23.1 Å². The molecule has 2 heterocycles. The van der Waals surface area contributed by atoms with Crippen molar-refractivity contribution in [2.75, 3.05) is 5.32 Å². The summed E-state index contributed by atoms with van der Waals surface area (Å²) in [5.74, 6) is -0.0968. The second-order valence-corrected chi connectivity index (χ2v) is 6.36. The molecule has 0 aliphatic carbocycles. The quantitative estimate of drug-likeness (QED) is 0.890. The lowest BCUT2D eigenvalue weighted by Crippen LogP contribution is -2.18. The smallest absolute Gasteiger partial charge is 0.223 e. The lowest BCUT2D eigenvalue weighted by Gasteiger charge is -2.09. The van der Waals surface area contributed by atoms with Crippen LogP contribution in [0.25, 0.3) is 0 Å². The van der Waals surface area contributed by atoms with E-state index in [1.54, 1.807) is 11.3 Å². The summed E-state index contributed by atoms with van der Waals surface area (Å²) in [7, 11) is 0. The molecule has 102 valence electrons. The second-order valence-electron chi connectivity index (χ2n) is 4.24. The van der Waals surface area contributed by atoms with Gasteiger partial charge in [-0.1, -0.05) is 0 Å². The van der Waals surface area contributed by atoms with E-state index in [0.717, 1.165) is 10.7 Å². The standard InChI is InChI=1S/C12H16N4OS2/c1-7-4-14-11(19-7)8(2)13-5-10-6-18-12(16-10)15-9(3)17/h4,6,8,13H,5H2,1-3H3,(H,15,16,17)/t8-/m1/s1. The number of thiazole rings is 2. The molecule has 0 bridgehead atoms. The molecule has 7 heteroatoms. The molecule has 0 spiro atoms. The molecule has 19 heavy (non-hydrogen) atoms. The van der Waals surface area contributed by atoms with Crippen molar-refractivity contribution in [1.29, 1.82) is 0 Å². The number of nitrogens with zero attached hydrogens (tertiary/aromatic N) is 2. The van der Waals surface area contributed by atoms with E-state index in [0.29, 0.717) is 11.7 Å². The number of aromatic nitrogens is 2. The van der Waals surface area contributed by atoms with Gasteiger partial charge in [0.05, 0.1) is 11.7 Å². The Morgan fingerprint density at radius 2 is 2.32 bits per heavy atom. The predicted molar refractivity (Wildman–Crippen MR) is 78.5 cm³/mol. The summed E-state index contributed by atoms with van der Waals surface area (Å²) in [5, 5.41) is 9.71. The van der Waals surface area contributed by atoms with Gasteiger partial charge in [-0.25, -0.2) is 9.97 Å². The first-order valence-electron chi connectivity index (χ1n) is 5.92. The van der Waals surface area contributed by atoms with Gasteiger partial charge in [0.2, 0.25) is 5.91 Å². The molecule has 0 saturated heterocycles. The minimum absolute atomic E-state index is 0.0968. The highest BCUT2D eigenvalue weighted by Crippen LogP contribution is 2.20. The molecule has 2 aromatic heterocycles. The Morgan fingerprint density at radius 1 is 1.53 bits per heavy atom. The lowest BCUT2D eigenvalue weighted by atomic mass is 10.3. The van der Waals surface area contributed by atoms with Crippen LogP contribution < -0.4 is 10.6 Å². The van der Waals surface area contributed by atoms with Gasteiger partial charge in [-0.15, -0.1) is 22.7 Å². The molecule has 2 rings (SSSR count). The number of anilines is 1. The Labute approximate surface area is 120 Å². The van der Waals surface area contributed by atoms with E-state index in [-0.39, 0.29) is 11.9 Å². The van der Waals surface area contributed by atoms with Gasteiger partial charge in [0.25, 0.3) is 0 Å². The van der Waals surface area contributed by atoms with E-state index < -0.39 is 0 Å². The average molecular weight is 296 g/mol. The summed E-state index contributed by atoms with van der Waals surface area (Å²) in [4.78, 5) is 20.8. The Bertz CT molecular complexity index is 564. The van der Waals surface area contributed by atoms with Crippen LogP contribution in [0.15, 0.2) is 11.6 Å². The molecule has 0 radical (unpaired) electrons. The maximum absolute atomic E-state index is 10.9. The molecule has 0 aliphatic heterocycles. The van der Waals surface area contributed by atoms with E-state index in [9.17, 15) is 4.79 Å². The number of amides is 1. The molecule has 1 amide bonds. The van der Waals surface area contributed by atoms with Gasteiger partial charge in [0.15, 0.2) is 5.13 Å². The van der Waals surface area contributed by atoms with Gasteiger partial charge in [-0.05, 0) is 13.8 Å². The van der Waals surface area contributed by atoms with Crippen molar-refractivity contribution in [1.82, 2.24) is 15.3 Å². The van der Waals surface area contributed by atoms with Crippen LogP contribution in [-0.4, -0.2) is 15.9 Å². The number of aryl methyl sites for hydroxylation is 1. The molecule has 0 fully saturated rings. The fourth-order valence-electron chi connectivity index (χ4n) is 1.51. The Morgan fingerprint density at radius 3 is 2.95 bits per heavy atom. The molecule has 0 unspecified atom stereocenters. The predicted octanol–water partition coefficient (Wildman–Crippen LogP) is 2.72. The highest BCUT2D eigenvalue weighted by atomic mass is 32.1. The van der Waals surface area contributed by atoms with Gasteiger partial charge in [0.1, 0.15) is 5.01 Å². The number of rotatable bonds is 5. The SMILES string of the molecule is CC(=O)Nc1nc(CN[C@H](C)c2ncc(C)s2)cs1. The first-order valence-corrected chi connectivity index (χ1v) is 7.62. The summed E-state index contributed by atoms with van der Waals surface area (Å²) >= 11 is 3.13. The Balaban J connectivity index is 1.88. The maximum atomic E-state index is 10.9. The fourth-order valence-corrected chi connectivity index (χ4v) is 3.07. The van der Waals surface area contributed by atoms with Crippen molar-refractivity contribution in [3.8, 4) is 0 Å². The highest BCUT2D eigenvalue weighted by molar-refractivity contribution is 7.14. The van der Waals surface area contributed by atoms with Gasteiger partial charge >= 0.3 is 0 Å². The molecule has 0 saturated carbocycles. The summed E-state index contributed by atoms with van der Waals surface area (Å²) < 4.78 is 0. The zero-order valence-electron chi connectivity index (χ0n) is 11.1. The van der Waals surface area contributed by atoms with E-state index in [1.807, 2.05) is 18.5 Å². The van der Waals surface area contributed by atoms with Crippen LogP contribution in [0.2, 0.25) is 0 Å². The van der Waals surface area contributed by atoms with Crippen LogP contribution in [0.1, 0.15) is 35.5 Å². The minimum Gasteiger partial charge on any atom is -0.302 e. The Kier molecular flexibility index (Phi) is 4.62. The van der Waals surface area contributed by atoms with Crippen LogP contribution >= 0.6 is 22.7 Å². The van der Waals surface area contributed by atoms with Gasteiger partial charge < -0.3 is 10.6 Å². The summed E-state index contributed by atoms with van der Waals surface area (Å²) in [6.07, 6.45) is 1.88. The largest absolute Gasteiger partial charge is 0.302 e. The maximum Gasteiger partial charge on any atom is 0.223 e. The highest BCUT2D eigenvalue weighted by Gasteiger charge is 2.10. The van der Waals surface area contributed by atoms with Crippen LogP contribution in [0.5, 0.6) is 0 Å². The third-order valence-electron chi connectivity index (χ3n) is 2.43. The van der Waals surface area contributed by atoms with Crippen molar-refractivity contribution < 1.29 is 4.79 Å². The van der Waals surface area contributed by atoms with Gasteiger partial charge in [-0.3, -0.25) is 4.79 Å². The third kappa shape index (κ3) is 4.09. The third-order valence-corrected chi connectivity index (χ3v) is 4.34. The molecule has 2 aromatic rings. The van der Waals surface area contributed by atoms with Crippen LogP contribution in [0.3, 0.4) is 0 Å². The summed E-state index contributed by atoms with van der Waals surface area (Å²) in [6.45, 7) is 6.27. The molecule has 0 aliphatic rings. The molecule has 0 aromatic carbocycles. The molecular weight excluding hydrogens is 280 g/mol. The fraction of sp³-hybridized carbons (Fsp3) is 0.417. The van der Waals surface area contributed by atoms with Crippen LogP contribution in [0.4, 0.5) is 5.13 Å². The number of carbonyl (C=O) groups excluding carboxylic acids is 1. The average Bonchev–Trinajstić information content (AvgIpc) is 2.94. The summed E-state index contributed by atoms with van der Waals surface area (Å²) in [5.41, 5.74) is 0.925. The molecule has 2 N–H and O–H groups in total. The van der Waals surface area contributed by atoms with Crippen molar-refractivity contribution in [2.24, 2.45) is 0 Å². The van der Waals surface area contributed by atoms with Crippen molar-refractivity contribution in [2.45, 2.75) is 33.4 Å². The zero-order valence-corrected chi connectivity index (χ0v) is 12.7. The number of carbonyl (C=O) groups is 1. The minimum atomic E-state index is -0.0968. The zero-order chi connectivity index (χ0) is 13.8. The van der Waals surface area contributed by atoms with Crippen molar-refractivity contribution in [3.05, 3.63) is 27.2 Å². The second kappa shape index (κ2) is 6.23. The lowest BCUT2D eigenvalue weighted by molar-refractivity contribution is -0.114. The van der Waals surface area contributed by atoms with E-state index in [2.05, 4.69) is 27.5 Å². The normalized spacial score (nSPS) is 12.4. The monoisotopic (exact) mass is 296 g/mol. The molecular formula is C12H16N4OS2. The number of nitrogens with one attached hydrogen (secondary N) is 2. The molecule has 5 nitrogen and oxygen atoms in total. The first-order chi connectivity index (χ1) is 9.04. The number of hydrogen-bond donors (Lipinski definition) is 2. The summed E-state index contributed by atoms with van der Waals surface area (Å²) in [6, 6.07) is 0.199. The van der Waals surface area contributed by atoms with Crippen LogP contribution in [-0.2, 0) is 11.3 Å². The Hall–Kier alpha value is -1.31. The van der Waals surface area contributed by atoms with Crippen LogP contribution in [0, 0.1) is 6.92 Å². The van der Waals surface area contributed by atoms with E-state index in [4.69, 9.17) is 0 Å². The van der Waals surface area contributed by atoms with E-state index >= 15 is 0 Å². The van der Waals surface area contributed by atoms with Crippen molar-refractivity contribution in [3.63, 3.8) is 0 Å².